The molecular formula is C23H31N5O2. The molecule has 1 aromatic heterocycles. The van der Waals surface area contributed by atoms with Crippen molar-refractivity contribution in [1.29, 1.82) is 0 Å². The number of H-pyrrole nitrogens is 1. The topological polar surface area (TPSA) is 73.5 Å². The smallest absolute Gasteiger partial charge is 0.272 e. The molecule has 5 fully saturated rings. The number of hydrogen-bond donors (Lipinski definition) is 2. The molecule has 5 aliphatic rings. The van der Waals surface area contributed by atoms with Gasteiger partial charge in [0.1, 0.15) is 0 Å². The second-order valence-corrected chi connectivity index (χ2v) is 9.65. The van der Waals surface area contributed by atoms with Gasteiger partial charge in [-0.2, -0.15) is 5.10 Å². The van der Waals surface area contributed by atoms with E-state index >= 15 is 0 Å². The second-order valence-electron chi connectivity index (χ2n) is 9.65. The third-order valence-corrected chi connectivity index (χ3v) is 7.51. The van der Waals surface area contributed by atoms with Gasteiger partial charge in [-0.25, -0.2) is 0 Å². The fraction of sp³-hybridized carbons (Fsp3) is 0.652. The van der Waals surface area contributed by atoms with Crippen LogP contribution >= 0.6 is 0 Å². The first-order valence-electron chi connectivity index (χ1n) is 11.6. The maximum Gasteiger partial charge on any atom is 0.272 e. The summed E-state index contributed by atoms with van der Waals surface area (Å²) in [5.74, 6) is 1.37. The minimum atomic E-state index is -0.0533. The normalized spacial score (nSPS) is 30.9. The Hall–Kier alpha value is -2.12. The lowest BCUT2D eigenvalue weighted by Gasteiger charge is -2.44. The summed E-state index contributed by atoms with van der Waals surface area (Å²) in [6.45, 7) is 6.21. The van der Waals surface area contributed by atoms with E-state index in [1.807, 2.05) is 6.07 Å². The Morgan fingerprint density at radius 3 is 2.77 bits per heavy atom. The van der Waals surface area contributed by atoms with E-state index in [4.69, 9.17) is 4.74 Å². The second kappa shape index (κ2) is 7.54. The van der Waals surface area contributed by atoms with Crippen molar-refractivity contribution in [3.05, 3.63) is 23.9 Å². The maximum absolute atomic E-state index is 12.9. The minimum absolute atomic E-state index is 0.0533. The van der Waals surface area contributed by atoms with Crippen LogP contribution in [-0.2, 0) is 4.74 Å². The van der Waals surface area contributed by atoms with Crippen molar-refractivity contribution in [3.63, 3.8) is 0 Å². The van der Waals surface area contributed by atoms with Gasteiger partial charge in [-0.15, -0.1) is 0 Å². The van der Waals surface area contributed by atoms with Crippen molar-refractivity contribution in [2.24, 2.45) is 11.8 Å². The van der Waals surface area contributed by atoms with Crippen LogP contribution in [0.4, 0.5) is 5.69 Å². The van der Waals surface area contributed by atoms with E-state index in [0.717, 1.165) is 49.5 Å². The van der Waals surface area contributed by atoms with Gasteiger partial charge in [-0.05, 0) is 75.2 Å². The fourth-order valence-corrected chi connectivity index (χ4v) is 5.40. The lowest BCUT2D eigenvalue weighted by atomic mass is 9.84. The summed E-state index contributed by atoms with van der Waals surface area (Å²) in [5, 5.41) is 11.6. The lowest BCUT2D eigenvalue weighted by molar-refractivity contribution is 0.0605. The van der Waals surface area contributed by atoms with Crippen LogP contribution in [0.3, 0.4) is 0 Å². The van der Waals surface area contributed by atoms with Crippen molar-refractivity contribution >= 4 is 22.5 Å². The summed E-state index contributed by atoms with van der Waals surface area (Å²) < 4.78 is 6.08. The largest absolute Gasteiger partial charge is 0.376 e. The number of carbonyl (C=O) groups is 1. The summed E-state index contributed by atoms with van der Waals surface area (Å²) >= 11 is 0. The van der Waals surface area contributed by atoms with E-state index in [1.165, 1.54) is 44.5 Å². The van der Waals surface area contributed by atoms with Crippen molar-refractivity contribution in [1.82, 2.24) is 20.4 Å². The number of benzene rings is 1. The Kier molecular flexibility index (Phi) is 4.68. The Bertz CT molecular complexity index is 931. The molecule has 7 heteroatoms. The zero-order chi connectivity index (χ0) is 20.1. The molecule has 2 atom stereocenters. The number of carbonyl (C=O) groups excluding carboxylic acids is 1. The van der Waals surface area contributed by atoms with Gasteiger partial charge >= 0.3 is 0 Å². The van der Waals surface area contributed by atoms with E-state index in [-0.39, 0.29) is 11.9 Å². The molecule has 4 aliphatic heterocycles. The highest BCUT2D eigenvalue weighted by Gasteiger charge is 2.35. The summed E-state index contributed by atoms with van der Waals surface area (Å²) in [7, 11) is 0. The van der Waals surface area contributed by atoms with Crippen LogP contribution in [0.2, 0.25) is 0 Å². The molecular weight excluding hydrogens is 378 g/mol. The van der Waals surface area contributed by atoms with Gasteiger partial charge in [0.05, 0.1) is 11.6 Å². The monoisotopic (exact) mass is 409 g/mol. The zero-order valence-electron chi connectivity index (χ0n) is 17.5. The van der Waals surface area contributed by atoms with Gasteiger partial charge in [0.2, 0.25) is 0 Å². The molecule has 1 amide bonds. The van der Waals surface area contributed by atoms with Crippen LogP contribution in [-0.4, -0.2) is 72.5 Å². The fourth-order valence-electron chi connectivity index (χ4n) is 5.40. The van der Waals surface area contributed by atoms with Crippen LogP contribution in [0, 0.1) is 11.8 Å². The molecule has 1 unspecified atom stereocenters. The quantitative estimate of drug-likeness (QED) is 0.766. The van der Waals surface area contributed by atoms with Crippen LogP contribution in [0.15, 0.2) is 18.2 Å². The number of piperidine rings is 3. The van der Waals surface area contributed by atoms with Crippen LogP contribution in [0.25, 0.3) is 10.9 Å². The molecule has 2 aromatic rings. The van der Waals surface area contributed by atoms with E-state index in [1.54, 1.807) is 0 Å². The number of nitrogens with one attached hydrogen (secondary N) is 2. The Morgan fingerprint density at radius 2 is 2.00 bits per heavy atom. The average Bonchev–Trinajstić information content (AvgIpc) is 3.32. The van der Waals surface area contributed by atoms with Gasteiger partial charge in [0, 0.05) is 43.4 Å². The first-order chi connectivity index (χ1) is 14.7. The predicted octanol–water partition coefficient (Wildman–Crippen LogP) is 2.39. The molecule has 5 heterocycles. The molecule has 0 radical (unpaired) electrons. The van der Waals surface area contributed by atoms with E-state index in [0.29, 0.717) is 17.7 Å². The molecule has 30 heavy (non-hydrogen) atoms. The number of ether oxygens (including phenoxy) is 1. The van der Waals surface area contributed by atoms with Crippen molar-refractivity contribution in [2.45, 2.75) is 44.2 Å². The number of aromatic nitrogens is 2. The maximum atomic E-state index is 12.9. The molecule has 1 saturated carbocycles. The number of anilines is 1. The lowest BCUT2D eigenvalue weighted by Crippen LogP contribution is -2.57. The van der Waals surface area contributed by atoms with Crippen LogP contribution < -0.4 is 10.2 Å². The molecule has 1 aromatic carbocycles. The predicted molar refractivity (Wildman–Crippen MR) is 116 cm³/mol. The highest BCUT2D eigenvalue weighted by Crippen LogP contribution is 2.32. The minimum Gasteiger partial charge on any atom is -0.376 e. The number of nitrogens with zero attached hydrogens (tertiary/aromatic N) is 3. The standard InChI is InChI=1S/C23H31N5O2/c29-23(24-21-13-27-8-5-16(21)6-9-27)22-19-4-3-17(11-20(19)25-26-22)28-10-7-18(12-28)30-14-15-1-2-15/h3-4,11,15-16,18,21H,1-2,5-10,12-14H2,(H,24,29)(H,25,26)/t18-,21?/m0/s1. The molecule has 2 N–H and O–H groups in total. The first kappa shape index (κ1) is 18.6. The Morgan fingerprint density at radius 1 is 1.13 bits per heavy atom. The van der Waals surface area contributed by atoms with Gasteiger partial charge in [-0.1, -0.05) is 0 Å². The third-order valence-electron chi connectivity index (χ3n) is 7.51. The van der Waals surface area contributed by atoms with E-state index < -0.39 is 0 Å². The molecule has 1 aliphatic carbocycles. The number of fused-ring (bicyclic) bond motifs is 4. The molecule has 4 saturated heterocycles. The third kappa shape index (κ3) is 3.58. The molecule has 160 valence electrons. The van der Waals surface area contributed by atoms with Gasteiger partial charge < -0.3 is 19.9 Å². The Balaban J connectivity index is 1.13. The van der Waals surface area contributed by atoms with Crippen molar-refractivity contribution in [2.75, 3.05) is 44.2 Å². The zero-order valence-corrected chi connectivity index (χ0v) is 17.5. The molecule has 7 rings (SSSR count). The SMILES string of the molecule is O=C(NC1CN2CCC1CC2)c1n[nH]c2cc(N3CC[C@H](OCC4CC4)C3)ccc12. The van der Waals surface area contributed by atoms with Crippen molar-refractivity contribution in [3.8, 4) is 0 Å². The highest BCUT2D eigenvalue weighted by molar-refractivity contribution is 6.05. The van der Waals surface area contributed by atoms with Gasteiger partial charge in [0.15, 0.2) is 5.69 Å². The first-order valence-corrected chi connectivity index (χ1v) is 11.6. The number of hydrogen-bond acceptors (Lipinski definition) is 5. The summed E-state index contributed by atoms with van der Waals surface area (Å²) in [6.07, 6.45) is 6.48. The van der Waals surface area contributed by atoms with E-state index in [2.05, 4.69) is 37.4 Å². The molecule has 2 bridgehead atoms. The van der Waals surface area contributed by atoms with Crippen LogP contribution in [0.5, 0.6) is 0 Å². The van der Waals surface area contributed by atoms with Crippen LogP contribution in [0.1, 0.15) is 42.6 Å². The highest BCUT2D eigenvalue weighted by atomic mass is 16.5. The summed E-state index contributed by atoms with van der Waals surface area (Å²) in [4.78, 5) is 17.8. The van der Waals surface area contributed by atoms with Crippen molar-refractivity contribution < 1.29 is 9.53 Å². The summed E-state index contributed by atoms with van der Waals surface area (Å²) in [5.41, 5.74) is 2.61. The number of amides is 1. The van der Waals surface area contributed by atoms with Gasteiger partial charge in [-0.3, -0.25) is 9.89 Å². The number of rotatable bonds is 6. The molecule has 7 nitrogen and oxygen atoms in total. The summed E-state index contributed by atoms with van der Waals surface area (Å²) in [6, 6.07) is 6.53. The number of aromatic amines is 1. The molecule has 0 spiro atoms. The van der Waals surface area contributed by atoms with Gasteiger partial charge in [0.25, 0.3) is 5.91 Å². The Labute approximate surface area is 177 Å². The van der Waals surface area contributed by atoms with E-state index in [9.17, 15) is 4.79 Å². The average molecular weight is 410 g/mol.